The van der Waals surface area contributed by atoms with E-state index in [-0.39, 0.29) is 5.82 Å². The van der Waals surface area contributed by atoms with Crippen LogP contribution in [0.4, 0.5) is 5.82 Å². The van der Waals surface area contributed by atoms with E-state index in [0.29, 0.717) is 22.4 Å². The molecule has 0 unspecified atom stereocenters. The molecule has 84 valence electrons. The van der Waals surface area contributed by atoms with E-state index in [2.05, 4.69) is 4.98 Å². The van der Waals surface area contributed by atoms with Gasteiger partial charge in [0.1, 0.15) is 5.52 Å². The predicted molar refractivity (Wildman–Crippen MR) is 58.1 cm³/mol. The summed E-state index contributed by atoms with van der Waals surface area (Å²) in [4.78, 5) is 12.8. The van der Waals surface area contributed by atoms with E-state index in [1.165, 1.54) is 20.3 Å². The smallest absolute Gasteiger partial charge is 0.321 e. The second-order valence-electron chi connectivity index (χ2n) is 3.21. The number of aromatic amines is 1. The van der Waals surface area contributed by atoms with Gasteiger partial charge in [0.2, 0.25) is 0 Å². The average molecular weight is 222 g/mol. The molecule has 0 saturated carbocycles. The van der Waals surface area contributed by atoms with Crippen LogP contribution in [0.3, 0.4) is 0 Å². The van der Waals surface area contributed by atoms with Gasteiger partial charge in [-0.15, -0.1) is 0 Å². The molecule has 1 aromatic heterocycles. The standard InChI is InChI=1S/C10H10N2O4/c1-15-8-3-6-4-10(12(13)14)11-7(6)5-9(8)16-2/h3-5,11H,1-2H3. The van der Waals surface area contributed by atoms with Gasteiger partial charge in [0, 0.05) is 17.5 Å². The van der Waals surface area contributed by atoms with Gasteiger partial charge in [0.15, 0.2) is 11.5 Å². The summed E-state index contributed by atoms with van der Waals surface area (Å²) < 4.78 is 10.2. The summed E-state index contributed by atoms with van der Waals surface area (Å²) in [7, 11) is 3.03. The molecule has 1 heterocycles. The van der Waals surface area contributed by atoms with Gasteiger partial charge < -0.3 is 19.6 Å². The summed E-state index contributed by atoms with van der Waals surface area (Å²) in [6.45, 7) is 0. The average Bonchev–Trinajstić information content (AvgIpc) is 2.69. The van der Waals surface area contributed by atoms with E-state index < -0.39 is 4.92 Å². The maximum atomic E-state index is 10.6. The topological polar surface area (TPSA) is 77.4 Å². The summed E-state index contributed by atoms with van der Waals surface area (Å²) in [6.07, 6.45) is 0. The number of aromatic nitrogens is 1. The van der Waals surface area contributed by atoms with Crippen molar-refractivity contribution in [2.24, 2.45) is 0 Å². The van der Waals surface area contributed by atoms with Crippen molar-refractivity contribution in [2.75, 3.05) is 14.2 Å². The molecule has 0 atom stereocenters. The van der Waals surface area contributed by atoms with Crippen LogP contribution in [-0.4, -0.2) is 24.1 Å². The van der Waals surface area contributed by atoms with Gasteiger partial charge in [-0.05, 0) is 11.0 Å². The molecule has 0 spiro atoms. The van der Waals surface area contributed by atoms with Crippen LogP contribution >= 0.6 is 0 Å². The van der Waals surface area contributed by atoms with Gasteiger partial charge in [-0.25, -0.2) is 4.98 Å². The molecule has 6 heteroatoms. The van der Waals surface area contributed by atoms with Crippen LogP contribution < -0.4 is 9.47 Å². The first-order chi connectivity index (χ1) is 7.65. The summed E-state index contributed by atoms with van der Waals surface area (Å²) in [5, 5.41) is 11.3. The molecule has 6 nitrogen and oxygen atoms in total. The zero-order chi connectivity index (χ0) is 11.7. The fraction of sp³-hybridized carbons (Fsp3) is 0.200. The van der Waals surface area contributed by atoms with Crippen LogP contribution in [0.5, 0.6) is 11.5 Å². The molecule has 0 aliphatic heterocycles. The summed E-state index contributed by atoms with van der Waals surface area (Å²) in [5.74, 6) is 1.03. The summed E-state index contributed by atoms with van der Waals surface area (Å²) in [5.41, 5.74) is 0.643. The number of ether oxygens (including phenoxy) is 2. The van der Waals surface area contributed by atoms with Crippen LogP contribution in [0.15, 0.2) is 18.2 Å². The lowest BCUT2D eigenvalue weighted by molar-refractivity contribution is -0.389. The lowest BCUT2D eigenvalue weighted by Crippen LogP contribution is -1.89. The minimum Gasteiger partial charge on any atom is -0.493 e. The van der Waals surface area contributed by atoms with E-state index in [0.717, 1.165) is 0 Å². The van der Waals surface area contributed by atoms with Crippen molar-refractivity contribution in [3.63, 3.8) is 0 Å². The molecule has 0 fully saturated rings. The van der Waals surface area contributed by atoms with Crippen molar-refractivity contribution in [3.05, 3.63) is 28.3 Å². The highest BCUT2D eigenvalue weighted by Gasteiger charge is 2.13. The normalized spacial score (nSPS) is 10.4. The molecule has 0 saturated heterocycles. The monoisotopic (exact) mass is 222 g/mol. The van der Waals surface area contributed by atoms with Crippen molar-refractivity contribution in [2.45, 2.75) is 0 Å². The Hall–Kier alpha value is -2.24. The van der Waals surface area contributed by atoms with Gasteiger partial charge in [0.25, 0.3) is 0 Å². The van der Waals surface area contributed by atoms with Gasteiger partial charge in [-0.1, -0.05) is 0 Å². The molecular weight excluding hydrogens is 212 g/mol. The van der Waals surface area contributed by atoms with Gasteiger partial charge >= 0.3 is 5.82 Å². The highest BCUT2D eigenvalue weighted by molar-refractivity contribution is 5.85. The first-order valence-corrected chi connectivity index (χ1v) is 4.55. The summed E-state index contributed by atoms with van der Waals surface area (Å²) >= 11 is 0. The van der Waals surface area contributed by atoms with E-state index in [9.17, 15) is 10.1 Å². The van der Waals surface area contributed by atoms with Crippen LogP contribution in [0.1, 0.15) is 0 Å². The third-order valence-corrected chi connectivity index (χ3v) is 2.31. The zero-order valence-corrected chi connectivity index (χ0v) is 8.81. The first kappa shape index (κ1) is 10.3. The number of benzene rings is 1. The Kier molecular flexibility index (Phi) is 2.40. The number of hydrogen-bond acceptors (Lipinski definition) is 4. The number of rotatable bonds is 3. The minimum absolute atomic E-state index is 0.0506. The lowest BCUT2D eigenvalue weighted by Gasteiger charge is -2.05. The zero-order valence-electron chi connectivity index (χ0n) is 8.81. The predicted octanol–water partition coefficient (Wildman–Crippen LogP) is 2.09. The molecule has 0 aliphatic carbocycles. The highest BCUT2D eigenvalue weighted by Crippen LogP contribution is 2.33. The Labute approximate surface area is 90.9 Å². The number of nitrogens with one attached hydrogen (secondary N) is 1. The van der Waals surface area contributed by atoms with Crippen molar-refractivity contribution < 1.29 is 14.4 Å². The van der Waals surface area contributed by atoms with Crippen molar-refractivity contribution in [1.29, 1.82) is 0 Å². The SMILES string of the molecule is COc1cc2cc([N+](=O)[O-])[nH]c2cc1OC. The Morgan fingerprint density at radius 2 is 1.81 bits per heavy atom. The Morgan fingerprint density at radius 1 is 1.19 bits per heavy atom. The Morgan fingerprint density at radius 3 is 2.38 bits per heavy atom. The third kappa shape index (κ3) is 1.54. The minimum atomic E-state index is -0.473. The van der Waals surface area contributed by atoms with Crippen molar-refractivity contribution >= 4 is 16.7 Å². The third-order valence-electron chi connectivity index (χ3n) is 2.31. The number of fused-ring (bicyclic) bond motifs is 1. The number of nitrogens with zero attached hydrogens (tertiary/aromatic N) is 1. The van der Waals surface area contributed by atoms with Crippen LogP contribution in [0, 0.1) is 10.1 Å². The van der Waals surface area contributed by atoms with Gasteiger partial charge in [-0.2, -0.15) is 0 Å². The molecule has 2 rings (SSSR count). The van der Waals surface area contributed by atoms with Crippen molar-refractivity contribution in [3.8, 4) is 11.5 Å². The van der Waals surface area contributed by atoms with E-state index in [1.807, 2.05) is 0 Å². The maximum absolute atomic E-state index is 10.6. The molecule has 1 N–H and O–H groups in total. The first-order valence-electron chi connectivity index (χ1n) is 4.55. The second kappa shape index (κ2) is 3.73. The lowest BCUT2D eigenvalue weighted by atomic mass is 10.2. The molecule has 0 amide bonds. The van der Waals surface area contributed by atoms with Gasteiger partial charge in [0.05, 0.1) is 14.2 Å². The molecule has 0 bridgehead atoms. The largest absolute Gasteiger partial charge is 0.493 e. The fourth-order valence-corrected chi connectivity index (χ4v) is 1.54. The molecular formula is C10H10N2O4. The molecule has 0 aliphatic rings. The number of hydrogen-bond donors (Lipinski definition) is 1. The second-order valence-corrected chi connectivity index (χ2v) is 3.21. The molecule has 16 heavy (non-hydrogen) atoms. The van der Waals surface area contributed by atoms with Crippen LogP contribution in [-0.2, 0) is 0 Å². The molecule has 2 aromatic rings. The van der Waals surface area contributed by atoms with E-state index in [1.54, 1.807) is 12.1 Å². The van der Waals surface area contributed by atoms with Crippen molar-refractivity contribution in [1.82, 2.24) is 4.98 Å². The quantitative estimate of drug-likeness (QED) is 0.637. The molecule has 0 radical (unpaired) electrons. The van der Waals surface area contributed by atoms with Crippen LogP contribution in [0.25, 0.3) is 10.9 Å². The van der Waals surface area contributed by atoms with Gasteiger partial charge in [-0.3, -0.25) is 0 Å². The van der Waals surface area contributed by atoms with E-state index in [4.69, 9.17) is 9.47 Å². The van der Waals surface area contributed by atoms with Crippen LogP contribution in [0.2, 0.25) is 0 Å². The fourth-order valence-electron chi connectivity index (χ4n) is 1.54. The highest BCUT2D eigenvalue weighted by atomic mass is 16.6. The maximum Gasteiger partial charge on any atom is 0.321 e. The number of H-pyrrole nitrogens is 1. The number of methoxy groups -OCH3 is 2. The van der Waals surface area contributed by atoms with E-state index >= 15 is 0 Å². The Bertz CT molecular complexity index is 506. The summed E-state index contributed by atoms with van der Waals surface area (Å²) in [6, 6.07) is 4.82. The molecule has 1 aromatic carbocycles. The number of nitro groups is 1. The Balaban J connectivity index is 2.64.